The van der Waals surface area contributed by atoms with E-state index in [9.17, 15) is 67.7 Å². The summed E-state index contributed by atoms with van der Waals surface area (Å²) in [5, 5.41) is 18.6. The SMILES string of the molecule is CC(CC(O)(C(F)(F)F)C(F)(F)F)OC(=O)C1(CC(C)(C)C)C(C)C1OCCC(O)(C(F)(F)F)C(F)(F)F. The van der Waals surface area contributed by atoms with E-state index in [-0.39, 0.29) is 6.42 Å². The average molecular weight is 588 g/mol. The van der Waals surface area contributed by atoms with Crippen LogP contribution in [0.3, 0.4) is 0 Å². The van der Waals surface area contributed by atoms with Crippen molar-refractivity contribution in [1.29, 1.82) is 0 Å². The molecule has 1 aliphatic carbocycles. The third-order valence-electron chi connectivity index (χ3n) is 6.40. The number of alkyl halides is 12. The maximum Gasteiger partial charge on any atom is 0.426 e. The van der Waals surface area contributed by atoms with Gasteiger partial charge in [-0.05, 0) is 18.8 Å². The normalized spacial score (nSPS) is 24.8. The lowest BCUT2D eigenvalue weighted by molar-refractivity contribution is -0.373. The van der Waals surface area contributed by atoms with Crippen LogP contribution in [0.5, 0.6) is 0 Å². The number of hydrogen-bond acceptors (Lipinski definition) is 5. The Morgan fingerprint density at radius 1 is 0.816 bits per heavy atom. The highest BCUT2D eigenvalue weighted by Crippen LogP contribution is 2.61. The van der Waals surface area contributed by atoms with Crippen LogP contribution < -0.4 is 0 Å². The Bertz CT molecular complexity index is 812. The van der Waals surface area contributed by atoms with Crippen molar-refractivity contribution in [2.45, 2.75) is 102 Å². The molecule has 0 heterocycles. The third kappa shape index (κ3) is 6.62. The molecule has 0 radical (unpaired) electrons. The van der Waals surface area contributed by atoms with Crippen molar-refractivity contribution in [2.24, 2.45) is 16.7 Å². The van der Waals surface area contributed by atoms with Gasteiger partial charge in [0, 0.05) is 18.8 Å². The van der Waals surface area contributed by atoms with Gasteiger partial charge < -0.3 is 19.7 Å². The first kappa shape index (κ1) is 34.5. The summed E-state index contributed by atoms with van der Waals surface area (Å²) in [6.45, 7) is 5.19. The minimum Gasteiger partial charge on any atom is -0.462 e. The minimum atomic E-state index is -6.19. The predicted octanol–water partition coefficient (Wildman–Crippen LogP) is 5.87. The highest BCUT2D eigenvalue weighted by atomic mass is 19.4. The van der Waals surface area contributed by atoms with Crippen molar-refractivity contribution in [3.8, 4) is 0 Å². The molecule has 1 aliphatic rings. The smallest absolute Gasteiger partial charge is 0.426 e. The number of rotatable bonds is 9. The van der Waals surface area contributed by atoms with Crippen LogP contribution in [0.1, 0.15) is 53.9 Å². The molecule has 0 saturated heterocycles. The summed E-state index contributed by atoms with van der Waals surface area (Å²) >= 11 is 0. The summed E-state index contributed by atoms with van der Waals surface area (Å²) < 4.78 is 165. The van der Waals surface area contributed by atoms with Crippen molar-refractivity contribution < 1.29 is 77.2 Å². The molecule has 0 aromatic rings. The van der Waals surface area contributed by atoms with Gasteiger partial charge in [-0.1, -0.05) is 27.7 Å². The zero-order valence-electron chi connectivity index (χ0n) is 20.7. The van der Waals surface area contributed by atoms with E-state index in [1.54, 1.807) is 20.8 Å². The molecule has 0 aliphatic heterocycles. The Labute approximate surface area is 209 Å². The monoisotopic (exact) mass is 588 g/mol. The zero-order chi connectivity index (χ0) is 30.6. The van der Waals surface area contributed by atoms with Gasteiger partial charge in [0.1, 0.15) is 6.10 Å². The molecule has 38 heavy (non-hydrogen) atoms. The van der Waals surface area contributed by atoms with E-state index < -0.39 is 90.3 Å². The van der Waals surface area contributed by atoms with Crippen molar-refractivity contribution in [2.75, 3.05) is 6.61 Å². The number of aliphatic hydroxyl groups is 2. The Hall–Kier alpha value is -1.49. The maximum atomic E-state index is 13.0. The molecule has 1 saturated carbocycles. The van der Waals surface area contributed by atoms with Gasteiger partial charge in [0.05, 0.1) is 18.1 Å². The summed E-state index contributed by atoms with van der Waals surface area (Å²) in [6, 6.07) is 0. The Balaban J connectivity index is 3.15. The number of halogens is 12. The van der Waals surface area contributed by atoms with Gasteiger partial charge in [0.25, 0.3) is 11.2 Å². The van der Waals surface area contributed by atoms with E-state index in [1.807, 2.05) is 0 Å². The predicted molar refractivity (Wildman–Crippen MR) is 104 cm³/mol. The summed E-state index contributed by atoms with van der Waals surface area (Å²) in [5.41, 5.74) is -13.0. The highest BCUT2D eigenvalue weighted by Gasteiger charge is 2.73. The molecule has 0 aromatic carbocycles. The molecule has 0 spiro atoms. The molecule has 5 nitrogen and oxygen atoms in total. The molecule has 1 rings (SSSR count). The van der Waals surface area contributed by atoms with E-state index in [2.05, 4.69) is 0 Å². The fourth-order valence-corrected chi connectivity index (χ4v) is 4.31. The minimum absolute atomic E-state index is 0.233. The van der Waals surface area contributed by atoms with E-state index in [1.165, 1.54) is 6.92 Å². The van der Waals surface area contributed by atoms with Gasteiger partial charge in [-0.15, -0.1) is 0 Å². The molecular formula is C21H28F12O5. The van der Waals surface area contributed by atoms with Crippen molar-refractivity contribution in [3.63, 3.8) is 0 Å². The second-order valence-corrected chi connectivity index (χ2v) is 10.7. The lowest BCUT2D eigenvalue weighted by Crippen LogP contribution is -2.58. The van der Waals surface area contributed by atoms with Crippen molar-refractivity contribution in [1.82, 2.24) is 0 Å². The molecular weight excluding hydrogens is 560 g/mol. The lowest BCUT2D eigenvalue weighted by atomic mass is 9.81. The fourth-order valence-electron chi connectivity index (χ4n) is 4.31. The first-order valence-electron chi connectivity index (χ1n) is 11.0. The highest BCUT2D eigenvalue weighted by molar-refractivity contribution is 5.82. The fraction of sp³-hybridized carbons (Fsp3) is 0.952. The van der Waals surface area contributed by atoms with Crippen LogP contribution in [-0.2, 0) is 14.3 Å². The third-order valence-corrected chi connectivity index (χ3v) is 6.40. The average Bonchev–Trinajstić information content (AvgIpc) is 3.19. The van der Waals surface area contributed by atoms with Crippen LogP contribution in [0.4, 0.5) is 52.7 Å². The molecule has 0 bridgehead atoms. The van der Waals surface area contributed by atoms with Gasteiger partial charge in [0.15, 0.2) is 0 Å². The van der Waals surface area contributed by atoms with Gasteiger partial charge >= 0.3 is 30.7 Å². The summed E-state index contributed by atoms with van der Waals surface area (Å²) in [4.78, 5) is 12.9. The molecule has 4 unspecified atom stereocenters. The number of hydrogen-bond donors (Lipinski definition) is 2. The van der Waals surface area contributed by atoms with Gasteiger partial charge in [0.2, 0.25) is 0 Å². The second kappa shape index (κ2) is 10.2. The summed E-state index contributed by atoms with van der Waals surface area (Å²) in [5.74, 6) is -2.40. The van der Waals surface area contributed by atoms with Crippen LogP contribution in [0, 0.1) is 16.7 Å². The van der Waals surface area contributed by atoms with Crippen molar-refractivity contribution >= 4 is 5.97 Å². The Morgan fingerprint density at radius 3 is 1.55 bits per heavy atom. The van der Waals surface area contributed by atoms with Crippen molar-refractivity contribution in [3.05, 3.63) is 0 Å². The molecule has 17 heteroatoms. The van der Waals surface area contributed by atoms with Crippen LogP contribution in [0.2, 0.25) is 0 Å². The first-order valence-corrected chi connectivity index (χ1v) is 11.0. The van der Waals surface area contributed by atoms with Gasteiger partial charge in [-0.3, -0.25) is 4.79 Å². The maximum absolute atomic E-state index is 13.0. The van der Waals surface area contributed by atoms with Crippen LogP contribution >= 0.6 is 0 Å². The van der Waals surface area contributed by atoms with Crippen LogP contribution in [0.25, 0.3) is 0 Å². The Kier molecular flexibility index (Phi) is 9.24. The number of ether oxygens (including phenoxy) is 2. The standard InChI is InChI=1S/C21H28F12O5/c1-10(8-17(36,20(28,29)30)21(31,32)33)38-13(34)15(9-14(3,4)5)11(2)12(15)37-7-6-16(35,18(22,23)24)19(25,26)27/h10-12,35-36H,6-9H2,1-5H3. The zero-order valence-corrected chi connectivity index (χ0v) is 20.7. The molecule has 0 amide bonds. The van der Waals surface area contributed by atoms with Gasteiger partial charge in [-0.25, -0.2) is 0 Å². The molecule has 2 N–H and O–H groups in total. The molecule has 0 aromatic heterocycles. The summed E-state index contributed by atoms with van der Waals surface area (Å²) in [6.07, 6.45) is -32.6. The van der Waals surface area contributed by atoms with E-state index in [0.29, 0.717) is 6.92 Å². The largest absolute Gasteiger partial charge is 0.462 e. The molecule has 226 valence electrons. The quantitative estimate of drug-likeness (QED) is 0.261. The van der Waals surface area contributed by atoms with Crippen LogP contribution in [0.15, 0.2) is 0 Å². The van der Waals surface area contributed by atoms with E-state index >= 15 is 0 Å². The van der Waals surface area contributed by atoms with E-state index in [0.717, 1.165) is 0 Å². The topological polar surface area (TPSA) is 76.0 Å². The first-order chi connectivity index (χ1) is 16.5. The number of carbonyl (C=O) groups excluding carboxylic acids is 1. The molecule has 1 fully saturated rings. The number of esters is 1. The van der Waals surface area contributed by atoms with Gasteiger partial charge in [-0.2, -0.15) is 52.7 Å². The number of carbonyl (C=O) groups is 1. The molecule has 4 atom stereocenters. The Morgan fingerprint density at radius 2 is 1.21 bits per heavy atom. The second-order valence-electron chi connectivity index (χ2n) is 10.7. The van der Waals surface area contributed by atoms with E-state index in [4.69, 9.17) is 9.47 Å². The lowest BCUT2D eigenvalue weighted by Gasteiger charge is -2.34. The summed E-state index contributed by atoms with van der Waals surface area (Å²) in [7, 11) is 0. The van der Waals surface area contributed by atoms with Crippen LogP contribution in [-0.4, -0.2) is 70.9 Å².